The van der Waals surface area contributed by atoms with E-state index in [4.69, 9.17) is 0 Å². The van der Waals surface area contributed by atoms with Crippen LogP contribution in [0.4, 0.5) is 11.4 Å². The summed E-state index contributed by atoms with van der Waals surface area (Å²) in [5.74, 6) is -0.333. The second kappa shape index (κ2) is 7.14. The van der Waals surface area contributed by atoms with Gasteiger partial charge in [-0.2, -0.15) is 0 Å². The molecule has 6 heteroatoms. The van der Waals surface area contributed by atoms with Crippen molar-refractivity contribution in [1.29, 1.82) is 0 Å². The molecule has 5 nitrogen and oxygen atoms in total. The second-order valence-corrected chi connectivity index (χ2v) is 6.34. The highest BCUT2D eigenvalue weighted by atomic mass is 32.1. The van der Waals surface area contributed by atoms with Gasteiger partial charge in [0.25, 0.3) is 5.91 Å². The minimum atomic E-state index is -0.220. The van der Waals surface area contributed by atoms with E-state index in [-0.39, 0.29) is 11.8 Å². The zero-order valence-corrected chi connectivity index (χ0v) is 14.0. The van der Waals surface area contributed by atoms with Crippen LogP contribution in [0.2, 0.25) is 0 Å². The smallest absolute Gasteiger partial charge is 0.272 e. The van der Waals surface area contributed by atoms with Gasteiger partial charge in [0.1, 0.15) is 5.69 Å². The van der Waals surface area contributed by atoms with Gasteiger partial charge in [-0.25, -0.2) is 0 Å². The molecule has 3 aromatic rings. The summed E-state index contributed by atoms with van der Waals surface area (Å²) >= 11 is 1.54. The van der Waals surface area contributed by atoms with Crippen molar-refractivity contribution in [3.05, 3.63) is 70.7 Å². The molecule has 0 radical (unpaired) electrons. The van der Waals surface area contributed by atoms with E-state index >= 15 is 0 Å². The summed E-state index contributed by atoms with van der Waals surface area (Å²) in [6.07, 6.45) is 2.13. The molecule has 0 saturated carbocycles. The molecule has 122 valence electrons. The predicted molar refractivity (Wildman–Crippen MR) is 96.5 cm³/mol. The number of hydrogen-bond acceptors (Lipinski definition) is 3. The zero-order chi connectivity index (χ0) is 16.9. The molecular formula is C18H17N3O2S. The Morgan fingerprint density at radius 2 is 1.75 bits per heavy atom. The fraction of sp³-hybridized carbons (Fsp3) is 0.111. The van der Waals surface area contributed by atoms with Crippen LogP contribution in [-0.4, -0.2) is 16.4 Å². The molecule has 0 aliphatic carbocycles. The lowest BCUT2D eigenvalue weighted by atomic mass is 10.2. The summed E-state index contributed by atoms with van der Waals surface area (Å²) < 4.78 is 1.74. The van der Waals surface area contributed by atoms with Gasteiger partial charge in [-0.1, -0.05) is 18.2 Å². The van der Waals surface area contributed by atoms with Crippen molar-refractivity contribution in [2.45, 2.75) is 6.42 Å². The van der Waals surface area contributed by atoms with Crippen molar-refractivity contribution in [2.75, 3.05) is 10.6 Å². The lowest BCUT2D eigenvalue weighted by Gasteiger charge is -2.12. The van der Waals surface area contributed by atoms with Gasteiger partial charge in [0.2, 0.25) is 5.91 Å². The molecule has 1 aromatic carbocycles. The SMILES string of the molecule is Cn1cccc1C(=O)Nc1ccccc1NC(=O)Cc1cccs1. The Bertz CT molecular complexity index is 853. The van der Waals surface area contributed by atoms with Crippen molar-refractivity contribution in [3.8, 4) is 0 Å². The Balaban J connectivity index is 1.72. The maximum absolute atomic E-state index is 12.3. The van der Waals surface area contributed by atoms with E-state index in [0.717, 1.165) is 4.88 Å². The van der Waals surface area contributed by atoms with Gasteiger partial charge in [0, 0.05) is 18.1 Å². The number of hydrogen-bond donors (Lipinski definition) is 2. The number of nitrogens with zero attached hydrogens (tertiary/aromatic N) is 1. The van der Waals surface area contributed by atoms with Gasteiger partial charge in [-0.3, -0.25) is 9.59 Å². The standard InChI is InChI=1S/C18H17N3O2S/c1-21-10-4-9-16(21)18(23)20-15-8-3-2-7-14(15)19-17(22)12-13-6-5-11-24-13/h2-11H,12H2,1H3,(H,19,22)(H,20,23). The number of rotatable bonds is 5. The van der Waals surface area contributed by atoms with Crippen molar-refractivity contribution in [2.24, 2.45) is 7.05 Å². The zero-order valence-electron chi connectivity index (χ0n) is 13.2. The van der Waals surface area contributed by atoms with E-state index in [0.29, 0.717) is 23.5 Å². The van der Waals surface area contributed by atoms with Crippen LogP contribution in [0.25, 0.3) is 0 Å². The third-order valence-corrected chi connectivity index (χ3v) is 4.42. The first kappa shape index (κ1) is 16.0. The average molecular weight is 339 g/mol. The van der Waals surface area contributed by atoms with E-state index < -0.39 is 0 Å². The maximum Gasteiger partial charge on any atom is 0.272 e. The first-order chi connectivity index (χ1) is 11.6. The van der Waals surface area contributed by atoms with Crippen molar-refractivity contribution >= 4 is 34.5 Å². The van der Waals surface area contributed by atoms with Crippen LogP contribution < -0.4 is 10.6 Å². The molecular weight excluding hydrogens is 322 g/mol. The average Bonchev–Trinajstić information content (AvgIpc) is 3.20. The van der Waals surface area contributed by atoms with Gasteiger partial charge >= 0.3 is 0 Å². The van der Waals surface area contributed by atoms with Gasteiger partial charge in [-0.15, -0.1) is 11.3 Å². The van der Waals surface area contributed by atoms with Crippen molar-refractivity contribution in [1.82, 2.24) is 4.57 Å². The van der Waals surface area contributed by atoms with Gasteiger partial charge in [-0.05, 0) is 35.7 Å². The molecule has 0 spiro atoms. The Morgan fingerprint density at radius 3 is 2.38 bits per heavy atom. The van der Waals surface area contributed by atoms with Crippen LogP contribution in [0.3, 0.4) is 0 Å². The third-order valence-electron chi connectivity index (χ3n) is 3.54. The number of anilines is 2. The van der Waals surface area contributed by atoms with Gasteiger partial charge in [0.15, 0.2) is 0 Å². The third kappa shape index (κ3) is 3.72. The number of aromatic nitrogens is 1. The molecule has 0 fully saturated rings. The summed E-state index contributed by atoms with van der Waals surface area (Å²) in [5, 5.41) is 7.65. The van der Waals surface area contributed by atoms with Crippen LogP contribution in [0.5, 0.6) is 0 Å². The number of para-hydroxylation sites is 2. The first-order valence-electron chi connectivity index (χ1n) is 7.47. The molecule has 3 rings (SSSR count). The molecule has 2 N–H and O–H groups in total. The number of thiophene rings is 1. The first-order valence-corrected chi connectivity index (χ1v) is 8.35. The molecule has 0 atom stereocenters. The summed E-state index contributed by atoms with van der Waals surface area (Å²) in [7, 11) is 1.81. The summed E-state index contributed by atoms with van der Waals surface area (Å²) in [4.78, 5) is 25.5. The number of aryl methyl sites for hydroxylation is 1. The highest BCUT2D eigenvalue weighted by Gasteiger charge is 2.13. The molecule has 2 heterocycles. The molecule has 0 bridgehead atoms. The van der Waals surface area contributed by atoms with E-state index in [1.54, 1.807) is 34.1 Å². The van der Waals surface area contributed by atoms with Crippen LogP contribution >= 0.6 is 11.3 Å². The minimum Gasteiger partial charge on any atom is -0.347 e. The Kier molecular flexibility index (Phi) is 4.77. The van der Waals surface area contributed by atoms with Crippen molar-refractivity contribution in [3.63, 3.8) is 0 Å². The van der Waals surface area contributed by atoms with Gasteiger partial charge < -0.3 is 15.2 Å². The molecule has 0 aliphatic heterocycles. The lowest BCUT2D eigenvalue weighted by Crippen LogP contribution is -2.19. The van der Waals surface area contributed by atoms with E-state index in [9.17, 15) is 9.59 Å². The number of amides is 2. The van der Waals surface area contributed by atoms with Crippen LogP contribution in [0, 0.1) is 0 Å². The molecule has 0 aliphatic rings. The highest BCUT2D eigenvalue weighted by Crippen LogP contribution is 2.22. The number of nitrogens with one attached hydrogen (secondary N) is 2. The summed E-state index contributed by atoms with van der Waals surface area (Å²) in [5.41, 5.74) is 1.71. The van der Waals surface area contributed by atoms with Gasteiger partial charge in [0.05, 0.1) is 17.8 Å². The lowest BCUT2D eigenvalue weighted by molar-refractivity contribution is -0.115. The van der Waals surface area contributed by atoms with Crippen LogP contribution in [0.15, 0.2) is 60.1 Å². The fourth-order valence-corrected chi connectivity index (χ4v) is 3.05. The predicted octanol–water partition coefficient (Wildman–Crippen LogP) is 3.52. The van der Waals surface area contributed by atoms with Crippen LogP contribution in [0.1, 0.15) is 15.4 Å². The maximum atomic E-state index is 12.3. The summed E-state index contributed by atoms with van der Waals surface area (Å²) in [6.45, 7) is 0. The Morgan fingerprint density at radius 1 is 1.00 bits per heavy atom. The van der Waals surface area contributed by atoms with E-state index in [1.807, 2.05) is 49.0 Å². The highest BCUT2D eigenvalue weighted by molar-refractivity contribution is 7.10. The van der Waals surface area contributed by atoms with Crippen molar-refractivity contribution < 1.29 is 9.59 Å². The Labute approximate surface area is 143 Å². The molecule has 2 amide bonds. The topological polar surface area (TPSA) is 63.1 Å². The minimum absolute atomic E-state index is 0.113. The molecule has 24 heavy (non-hydrogen) atoms. The fourth-order valence-electron chi connectivity index (χ4n) is 2.35. The molecule has 2 aromatic heterocycles. The number of carbonyl (C=O) groups is 2. The van der Waals surface area contributed by atoms with E-state index in [2.05, 4.69) is 10.6 Å². The quantitative estimate of drug-likeness (QED) is 0.747. The Hall–Kier alpha value is -2.86. The second-order valence-electron chi connectivity index (χ2n) is 5.31. The molecule has 0 unspecified atom stereocenters. The summed E-state index contributed by atoms with van der Waals surface area (Å²) in [6, 6.07) is 14.6. The van der Waals surface area contributed by atoms with Crippen LogP contribution in [-0.2, 0) is 18.3 Å². The van der Waals surface area contributed by atoms with E-state index in [1.165, 1.54) is 0 Å². The monoisotopic (exact) mass is 339 g/mol. The largest absolute Gasteiger partial charge is 0.347 e. The molecule has 0 saturated heterocycles. The number of benzene rings is 1. The normalized spacial score (nSPS) is 10.4. The number of carbonyl (C=O) groups excluding carboxylic acids is 2.